The first kappa shape index (κ1) is 15.4. The number of hydrogen-bond acceptors (Lipinski definition) is 4. The largest absolute Gasteiger partial charge is 0.468 e. The molecule has 0 aromatic carbocycles. The predicted molar refractivity (Wildman–Crippen MR) is 73.6 cm³/mol. The Bertz CT molecular complexity index is 279. The number of ether oxygens (including phenoxy) is 1. The van der Waals surface area contributed by atoms with Gasteiger partial charge in [0.1, 0.15) is 5.54 Å². The van der Waals surface area contributed by atoms with E-state index in [1.165, 1.54) is 20.0 Å². The highest BCUT2D eigenvalue weighted by Crippen LogP contribution is 2.31. The lowest BCUT2D eigenvalue weighted by molar-refractivity contribution is -0.148. The Labute approximate surface area is 111 Å². The Balaban J connectivity index is 2.64. The van der Waals surface area contributed by atoms with Crippen LogP contribution in [-0.4, -0.2) is 49.2 Å². The van der Waals surface area contributed by atoms with Crippen LogP contribution in [0.3, 0.4) is 0 Å². The second-order valence-electron chi connectivity index (χ2n) is 5.60. The first-order valence-corrected chi connectivity index (χ1v) is 7.01. The molecule has 4 nitrogen and oxygen atoms in total. The van der Waals surface area contributed by atoms with Gasteiger partial charge < -0.3 is 10.1 Å². The fourth-order valence-electron chi connectivity index (χ4n) is 2.65. The van der Waals surface area contributed by atoms with Crippen molar-refractivity contribution in [3.63, 3.8) is 0 Å². The van der Waals surface area contributed by atoms with Gasteiger partial charge >= 0.3 is 5.97 Å². The maximum absolute atomic E-state index is 11.9. The smallest absolute Gasteiger partial charge is 0.325 e. The molecule has 1 rings (SSSR count). The minimum Gasteiger partial charge on any atom is -0.468 e. The maximum Gasteiger partial charge on any atom is 0.325 e. The molecule has 2 unspecified atom stereocenters. The monoisotopic (exact) mass is 256 g/mol. The molecule has 0 aromatic heterocycles. The number of rotatable bonds is 8. The van der Waals surface area contributed by atoms with Crippen LogP contribution in [-0.2, 0) is 9.53 Å². The van der Waals surface area contributed by atoms with Gasteiger partial charge in [0.25, 0.3) is 0 Å². The summed E-state index contributed by atoms with van der Waals surface area (Å²) >= 11 is 0. The number of nitrogens with zero attached hydrogens (tertiary/aromatic N) is 1. The van der Waals surface area contributed by atoms with Gasteiger partial charge in [-0.1, -0.05) is 6.92 Å². The zero-order chi connectivity index (χ0) is 13.8. The fraction of sp³-hybridized carbons (Fsp3) is 0.929. The van der Waals surface area contributed by atoms with Crippen molar-refractivity contribution in [1.82, 2.24) is 10.2 Å². The molecular formula is C14H28N2O2. The summed E-state index contributed by atoms with van der Waals surface area (Å²) in [5.41, 5.74) is -0.588. The topological polar surface area (TPSA) is 41.6 Å². The third kappa shape index (κ3) is 3.69. The highest BCUT2D eigenvalue weighted by Gasteiger charge is 2.38. The van der Waals surface area contributed by atoms with Crippen molar-refractivity contribution in [3.8, 4) is 0 Å². The first-order valence-electron chi connectivity index (χ1n) is 7.01. The van der Waals surface area contributed by atoms with Crippen molar-refractivity contribution >= 4 is 5.97 Å². The summed E-state index contributed by atoms with van der Waals surface area (Å²) in [5, 5.41) is 3.12. The zero-order valence-electron chi connectivity index (χ0n) is 12.5. The molecular weight excluding hydrogens is 228 g/mol. The predicted octanol–water partition coefficient (Wildman–Crippen LogP) is 1.79. The SMILES string of the molecule is CCCN(C(C)CC(C)(NC)C(=O)OC)C1CC1. The zero-order valence-corrected chi connectivity index (χ0v) is 12.5. The van der Waals surface area contributed by atoms with E-state index in [1.807, 2.05) is 14.0 Å². The van der Waals surface area contributed by atoms with Gasteiger partial charge in [0.05, 0.1) is 7.11 Å². The molecule has 1 fully saturated rings. The lowest BCUT2D eigenvalue weighted by Crippen LogP contribution is -2.53. The van der Waals surface area contributed by atoms with Gasteiger partial charge in [0.2, 0.25) is 0 Å². The summed E-state index contributed by atoms with van der Waals surface area (Å²) in [7, 11) is 3.28. The third-order valence-corrected chi connectivity index (χ3v) is 3.96. The molecule has 0 radical (unpaired) electrons. The fourth-order valence-corrected chi connectivity index (χ4v) is 2.65. The molecule has 18 heavy (non-hydrogen) atoms. The lowest BCUT2D eigenvalue weighted by atomic mass is 9.93. The minimum absolute atomic E-state index is 0.177. The molecule has 0 saturated heterocycles. The van der Waals surface area contributed by atoms with Gasteiger partial charge in [-0.2, -0.15) is 0 Å². The minimum atomic E-state index is -0.588. The molecule has 4 heteroatoms. The van der Waals surface area contributed by atoms with E-state index in [4.69, 9.17) is 4.74 Å². The molecule has 1 saturated carbocycles. The number of nitrogens with one attached hydrogen (secondary N) is 1. The first-order chi connectivity index (χ1) is 8.48. The van der Waals surface area contributed by atoms with Gasteiger partial charge in [-0.15, -0.1) is 0 Å². The molecule has 106 valence electrons. The van der Waals surface area contributed by atoms with E-state index in [0.717, 1.165) is 25.4 Å². The third-order valence-electron chi connectivity index (χ3n) is 3.96. The maximum atomic E-state index is 11.9. The lowest BCUT2D eigenvalue weighted by Gasteiger charge is -2.35. The molecule has 1 N–H and O–H groups in total. The molecule has 0 aromatic rings. The summed E-state index contributed by atoms with van der Waals surface area (Å²) in [6.07, 6.45) is 4.56. The Kier molecular flexibility index (Phi) is 5.60. The molecule has 0 spiro atoms. The van der Waals surface area contributed by atoms with Crippen molar-refractivity contribution in [3.05, 3.63) is 0 Å². The van der Waals surface area contributed by atoms with E-state index < -0.39 is 5.54 Å². The van der Waals surface area contributed by atoms with Crippen molar-refractivity contribution in [2.45, 2.75) is 64.1 Å². The van der Waals surface area contributed by atoms with Gasteiger partial charge in [0, 0.05) is 12.1 Å². The van der Waals surface area contributed by atoms with Crippen LogP contribution in [0, 0.1) is 0 Å². The number of hydrogen-bond donors (Lipinski definition) is 1. The van der Waals surface area contributed by atoms with Gasteiger partial charge in [-0.3, -0.25) is 9.69 Å². The van der Waals surface area contributed by atoms with Crippen LogP contribution in [0.5, 0.6) is 0 Å². The molecule has 2 atom stereocenters. The number of methoxy groups -OCH3 is 1. The Morgan fingerprint density at radius 1 is 1.56 bits per heavy atom. The van der Waals surface area contributed by atoms with E-state index in [1.54, 1.807) is 0 Å². The molecule has 0 aliphatic heterocycles. The van der Waals surface area contributed by atoms with Crippen LogP contribution in [0.1, 0.15) is 46.5 Å². The van der Waals surface area contributed by atoms with E-state index in [-0.39, 0.29) is 5.97 Å². The highest BCUT2D eigenvalue weighted by molar-refractivity contribution is 5.80. The van der Waals surface area contributed by atoms with Gasteiger partial charge in [-0.25, -0.2) is 0 Å². The standard InChI is InChI=1S/C14H28N2O2/c1-6-9-16(12-7-8-12)11(2)10-14(3,15-4)13(17)18-5/h11-12,15H,6-10H2,1-5H3. The van der Waals surface area contributed by atoms with Crippen LogP contribution in [0.2, 0.25) is 0 Å². The molecule has 1 aliphatic rings. The van der Waals surface area contributed by atoms with Gasteiger partial charge in [0.15, 0.2) is 0 Å². The Morgan fingerprint density at radius 2 is 2.17 bits per heavy atom. The molecule has 0 bridgehead atoms. The van der Waals surface area contributed by atoms with Crippen molar-refractivity contribution < 1.29 is 9.53 Å². The number of likely N-dealkylation sites (N-methyl/N-ethyl adjacent to an activating group) is 1. The van der Waals surface area contributed by atoms with Gasteiger partial charge in [-0.05, 0) is 53.1 Å². The van der Waals surface area contributed by atoms with E-state index in [2.05, 4.69) is 24.1 Å². The quantitative estimate of drug-likeness (QED) is 0.672. The summed E-state index contributed by atoms with van der Waals surface area (Å²) in [4.78, 5) is 14.4. The van der Waals surface area contributed by atoms with Crippen LogP contribution >= 0.6 is 0 Å². The molecule has 0 amide bonds. The second-order valence-corrected chi connectivity index (χ2v) is 5.60. The van der Waals surface area contributed by atoms with Crippen LogP contribution in [0.4, 0.5) is 0 Å². The molecule has 1 aliphatic carbocycles. The van der Waals surface area contributed by atoms with Crippen LogP contribution in [0.15, 0.2) is 0 Å². The summed E-state index contributed by atoms with van der Waals surface area (Å²) in [6, 6.07) is 1.13. The Morgan fingerprint density at radius 3 is 2.56 bits per heavy atom. The molecule has 0 heterocycles. The number of carbonyl (C=O) groups excluding carboxylic acids is 1. The average molecular weight is 256 g/mol. The second kappa shape index (κ2) is 6.53. The average Bonchev–Trinajstić information content (AvgIpc) is 3.18. The van der Waals surface area contributed by atoms with Crippen molar-refractivity contribution in [2.75, 3.05) is 20.7 Å². The van der Waals surface area contributed by atoms with Crippen LogP contribution in [0.25, 0.3) is 0 Å². The highest BCUT2D eigenvalue weighted by atomic mass is 16.5. The van der Waals surface area contributed by atoms with Crippen molar-refractivity contribution in [1.29, 1.82) is 0 Å². The summed E-state index contributed by atoms with van der Waals surface area (Å²) < 4.78 is 4.90. The van der Waals surface area contributed by atoms with E-state index >= 15 is 0 Å². The van der Waals surface area contributed by atoms with Crippen LogP contribution < -0.4 is 5.32 Å². The van der Waals surface area contributed by atoms with E-state index in [9.17, 15) is 4.79 Å². The number of carbonyl (C=O) groups is 1. The number of esters is 1. The van der Waals surface area contributed by atoms with Crippen molar-refractivity contribution in [2.24, 2.45) is 0 Å². The Hall–Kier alpha value is -0.610. The van der Waals surface area contributed by atoms with E-state index in [0.29, 0.717) is 6.04 Å². The summed E-state index contributed by atoms with van der Waals surface area (Å²) in [6.45, 7) is 7.46. The summed E-state index contributed by atoms with van der Waals surface area (Å²) in [5.74, 6) is -0.177. The normalized spacial score (nSPS) is 20.6.